The van der Waals surface area contributed by atoms with Gasteiger partial charge >= 0.3 is 0 Å². The Bertz CT molecular complexity index is 1340. The summed E-state index contributed by atoms with van der Waals surface area (Å²) in [6.07, 6.45) is 11.1. The number of aromatic nitrogens is 2. The number of allylic oxidation sites excluding steroid dienone is 1. The number of hydrogen-bond donors (Lipinski definition) is 1. The lowest BCUT2D eigenvalue weighted by Gasteiger charge is -2.24. The van der Waals surface area contributed by atoms with Crippen LogP contribution in [0.25, 0.3) is 10.9 Å². The number of hydrogen-bond acceptors (Lipinski definition) is 8. The van der Waals surface area contributed by atoms with Gasteiger partial charge in [0, 0.05) is 54.3 Å². The Morgan fingerprint density at radius 3 is 2.78 bits per heavy atom. The first-order valence-electron chi connectivity index (χ1n) is 12.5. The van der Waals surface area contributed by atoms with Gasteiger partial charge in [0.15, 0.2) is 5.78 Å². The lowest BCUT2D eigenvalue weighted by molar-refractivity contribution is -0.116. The van der Waals surface area contributed by atoms with Gasteiger partial charge in [-0.2, -0.15) is 0 Å². The van der Waals surface area contributed by atoms with Gasteiger partial charge in [0.05, 0.1) is 37.5 Å². The molecule has 3 heterocycles. The van der Waals surface area contributed by atoms with Crippen LogP contribution in [-0.4, -0.2) is 72.3 Å². The van der Waals surface area contributed by atoms with Crippen molar-refractivity contribution in [1.29, 1.82) is 0 Å². The van der Waals surface area contributed by atoms with Gasteiger partial charge in [-0.15, -0.1) is 6.42 Å². The summed E-state index contributed by atoms with van der Waals surface area (Å²) >= 11 is 0. The number of carbonyl (C=O) groups is 1. The SMILES string of the molecule is C#Cc1cccc(Nc2ncnc3cc(OCC)c(CC(=O)/C=C/CN4C[C@@H]5OCCO[C@@H]5C4)cc23)c1. The van der Waals surface area contributed by atoms with Crippen molar-refractivity contribution in [1.82, 2.24) is 14.9 Å². The number of nitrogens with one attached hydrogen (secondary N) is 1. The van der Waals surface area contributed by atoms with Crippen LogP contribution < -0.4 is 10.1 Å². The molecular weight excluding hydrogens is 468 g/mol. The number of likely N-dealkylation sites (tertiary alicyclic amines) is 1. The predicted octanol–water partition coefficient (Wildman–Crippen LogP) is 3.52. The number of fused-ring (bicyclic) bond motifs is 2. The highest BCUT2D eigenvalue weighted by molar-refractivity contribution is 5.96. The molecule has 3 aromatic rings. The van der Waals surface area contributed by atoms with Gasteiger partial charge in [0.25, 0.3) is 0 Å². The van der Waals surface area contributed by atoms with Gasteiger partial charge in [-0.25, -0.2) is 9.97 Å². The monoisotopic (exact) mass is 498 g/mol. The normalized spacial score (nSPS) is 19.6. The summed E-state index contributed by atoms with van der Waals surface area (Å²) in [5.41, 5.74) is 3.10. The molecule has 0 aliphatic carbocycles. The van der Waals surface area contributed by atoms with Crippen molar-refractivity contribution in [3.63, 3.8) is 0 Å². The molecule has 0 radical (unpaired) electrons. The van der Waals surface area contributed by atoms with E-state index < -0.39 is 0 Å². The van der Waals surface area contributed by atoms with Crippen LogP contribution in [0.5, 0.6) is 5.75 Å². The topological polar surface area (TPSA) is 85.8 Å². The number of terminal acetylenes is 1. The fraction of sp³-hybridized carbons (Fsp3) is 0.345. The first-order chi connectivity index (χ1) is 18.1. The summed E-state index contributed by atoms with van der Waals surface area (Å²) < 4.78 is 17.4. The largest absolute Gasteiger partial charge is 0.494 e. The van der Waals surface area contributed by atoms with E-state index in [1.165, 1.54) is 6.33 Å². The van der Waals surface area contributed by atoms with E-state index in [1.54, 1.807) is 6.08 Å². The summed E-state index contributed by atoms with van der Waals surface area (Å²) in [4.78, 5) is 24.0. The van der Waals surface area contributed by atoms with Crippen LogP contribution in [0.15, 0.2) is 54.9 Å². The molecule has 8 nitrogen and oxygen atoms in total. The van der Waals surface area contributed by atoms with E-state index in [0.717, 1.165) is 40.8 Å². The molecule has 2 aromatic carbocycles. The molecule has 37 heavy (non-hydrogen) atoms. The molecule has 0 bridgehead atoms. The maximum absolute atomic E-state index is 12.9. The average molecular weight is 499 g/mol. The molecule has 0 unspecified atom stereocenters. The molecule has 0 saturated carbocycles. The van der Waals surface area contributed by atoms with E-state index in [-0.39, 0.29) is 24.4 Å². The quantitative estimate of drug-likeness (QED) is 0.354. The fourth-order valence-corrected chi connectivity index (χ4v) is 4.75. The third kappa shape index (κ3) is 5.97. The number of nitrogens with zero attached hydrogens (tertiary/aromatic N) is 3. The number of benzene rings is 2. The van der Waals surface area contributed by atoms with Gasteiger partial charge < -0.3 is 19.5 Å². The summed E-state index contributed by atoms with van der Waals surface area (Å²) in [7, 11) is 0. The second kappa shape index (κ2) is 11.5. The highest BCUT2D eigenvalue weighted by atomic mass is 16.6. The molecule has 2 atom stereocenters. The van der Waals surface area contributed by atoms with Crippen LogP contribution in [0.4, 0.5) is 11.5 Å². The predicted molar refractivity (Wildman–Crippen MR) is 142 cm³/mol. The van der Waals surface area contributed by atoms with Gasteiger partial charge in [0.1, 0.15) is 17.9 Å². The van der Waals surface area contributed by atoms with Crippen LogP contribution in [0.1, 0.15) is 18.1 Å². The zero-order valence-electron chi connectivity index (χ0n) is 20.9. The number of ketones is 1. The smallest absolute Gasteiger partial charge is 0.159 e. The maximum atomic E-state index is 12.9. The van der Waals surface area contributed by atoms with E-state index in [2.05, 4.69) is 26.1 Å². The Labute approximate surface area is 216 Å². The van der Waals surface area contributed by atoms with E-state index >= 15 is 0 Å². The molecule has 1 N–H and O–H groups in total. The maximum Gasteiger partial charge on any atom is 0.159 e. The van der Waals surface area contributed by atoms with Gasteiger partial charge in [-0.05, 0) is 37.3 Å². The first-order valence-corrected chi connectivity index (χ1v) is 12.5. The average Bonchev–Trinajstić information content (AvgIpc) is 3.32. The zero-order valence-corrected chi connectivity index (χ0v) is 20.9. The fourth-order valence-electron chi connectivity index (χ4n) is 4.75. The minimum absolute atomic E-state index is 0.00232. The minimum Gasteiger partial charge on any atom is -0.494 e. The van der Waals surface area contributed by atoms with Crippen molar-refractivity contribution < 1.29 is 19.0 Å². The van der Waals surface area contributed by atoms with Crippen LogP contribution >= 0.6 is 0 Å². The highest BCUT2D eigenvalue weighted by Gasteiger charge is 2.35. The van der Waals surface area contributed by atoms with Crippen molar-refractivity contribution in [3.05, 3.63) is 66.0 Å². The van der Waals surface area contributed by atoms with Gasteiger partial charge in [-0.1, -0.05) is 18.1 Å². The van der Waals surface area contributed by atoms with Crippen molar-refractivity contribution in [3.8, 4) is 18.1 Å². The van der Waals surface area contributed by atoms with Crippen LogP contribution in [0.2, 0.25) is 0 Å². The van der Waals surface area contributed by atoms with Crippen LogP contribution in [0, 0.1) is 12.3 Å². The number of anilines is 2. The van der Waals surface area contributed by atoms with Gasteiger partial charge in [0.2, 0.25) is 0 Å². The lowest BCUT2D eigenvalue weighted by atomic mass is 10.0. The summed E-state index contributed by atoms with van der Waals surface area (Å²) in [5, 5.41) is 4.12. The summed E-state index contributed by atoms with van der Waals surface area (Å²) in [6, 6.07) is 11.4. The Balaban J connectivity index is 1.32. The second-order valence-corrected chi connectivity index (χ2v) is 9.06. The molecule has 2 aliphatic rings. The van der Waals surface area contributed by atoms with Crippen molar-refractivity contribution in [2.45, 2.75) is 25.6 Å². The summed E-state index contributed by atoms with van der Waals surface area (Å²) in [6.45, 7) is 6.03. The molecule has 2 saturated heterocycles. The Kier molecular flexibility index (Phi) is 7.76. The van der Waals surface area contributed by atoms with Crippen LogP contribution in [0.3, 0.4) is 0 Å². The van der Waals surface area contributed by atoms with E-state index in [4.69, 9.17) is 20.6 Å². The van der Waals surface area contributed by atoms with Crippen molar-refractivity contribution in [2.75, 3.05) is 44.8 Å². The molecule has 2 aliphatic heterocycles. The summed E-state index contributed by atoms with van der Waals surface area (Å²) in [5.74, 6) is 3.92. The Hall–Kier alpha value is -3.77. The molecule has 8 heteroatoms. The number of ether oxygens (including phenoxy) is 3. The molecule has 190 valence electrons. The van der Waals surface area contributed by atoms with E-state index in [1.807, 2.05) is 49.4 Å². The molecule has 5 rings (SSSR count). The van der Waals surface area contributed by atoms with E-state index in [0.29, 0.717) is 37.9 Å². The van der Waals surface area contributed by atoms with Gasteiger partial charge in [-0.3, -0.25) is 9.69 Å². The first kappa shape index (κ1) is 24.9. The highest BCUT2D eigenvalue weighted by Crippen LogP contribution is 2.30. The van der Waals surface area contributed by atoms with Crippen molar-refractivity contribution >= 4 is 28.2 Å². The van der Waals surface area contributed by atoms with E-state index in [9.17, 15) is 4.79 Å². The Morgan fingerprint density at radius 1 is 1.22 bits per heavy atom. The molecule has 0 spiro atoms. The third-order valence-electron chi connectivity index (χ3n) is 6.48. The number of carbonyl (C=O) groups excluding carboxylic acids is 1. The minimum atomic E-state index is -0.00232. The number of rotatable bonds is 9. The van der Waals surface area contributed by atoms with Crippen molar-refractivity contribution in [2.24, 2.45) is 0 Å². The van der Waals surface area contributed by atoms with Crippen LogP contribution in [-0.2, 0) is 20.7 Å². The lowest BCUT2D eigenvalue weighted by Crippen LogP contribution is -2.36. The standard InChI is InChI=1S/C29H30N4O4/c1-3-20-7-5-8-22(13-20)32-29-24-15-21(26(35-4-2)16-25(24)30-19-31-29)14-23(34)9-6-10-33-17-27-28(18-33)37-12-11-36-27/h1,5-9,13,15-16,19,27-28H,4,10-12,14,17-18H2,2H3,(H,30,31,32)/b9-6+/t27-,28+. The molecule has 0 amide bonds. The molecule has 1 aromatic heterocycles. The third-order valence-corrected chi connectivity index (χ3v) is 6.48. The second-order valence-electron chi connectivity index (χ2n) is 9.06. The molecular formula is C29H30N4O4. The Morgan fingerprint density at radius 2 is 2.03 bits per heavy atom. The zero-order chi connectivity index (χ0) is 25.6. The molecule has 2 fully saturated rings.